The Morgan fingerprint density at radius 3 is 2.13 bits per heavy atom. The maximum Gasteiger partial charge on any atom is 0.251 e. The third-order valence-electron chi connectivity index (χ3n) is 7.08. The maximum atomic E-state index is 13.2. The fourth-order valence-electron chi connectivity index (χ4n) is 4.91. The van der Waals surface area contributed by atoms with Crippen LogP contribution in [0.5, 0.6) is 5.75 Å². The van der Waals surface area contributed by atoms with Crippen LogP contribution in [0.1, 0.15) is 48.9 Å². The molecule has 1 atom stereocenters. The van der Waals surface area contributed by atoms with Gasteiger partial charge in [0.25, 0.3) is 5.91 Å². The molecule has 6 nitrogen and oxygen atoms in total. The number of carbonyl (C=O) groups is 2. The van der Waals surface area contributed by atoms with Crippen LogP contribution < -0.4 is 20.7 Å². The number of hydrogen-bond donors (Lipinski definition) is 3. The SMILES string of the molecule is COc1ccc(NCCNC(=O)[C@H](CC2CCCCC2)NC(=O)c2ccc(-c3ccc(Cl)cc3)cc2)cc1. The Kier molecular flexibility index (Phi) is 10.0. The van der Waals surface area contributed by atoms with E-state index in [-0.39, 0.29) is 11.8 Å². The van der Waals surface area contributed by atoms with Crippen molar-refractivity contribution in [2.75, 3.05) is 25.5 Å². The van der Waals surface area contributed by atoms with Gasteiger partial charge < -0.3 is 20.7 Å². The van der Waals surface area contributed by atoms with Gasteiger partial charge in [-0.3, -0.25) is 9.59 Å². The molecule has 1 aliphatic rings. The summed E-state index contributed by atoms with van der Waals surface area (Å²) in [5.41, 5.74) is 3.51. The van der Waals surface area contributed by atoms with Crippen molar-refractivity contribution in [3.05, 3.63) is 83.4 Å². The van der Waals surface area contributed by atoms with Gasteiger partial charge in [-0.15, -0.1) is 0 Å². The highest BCUT2D eigenvalue weighted by molar-refractivity contribution is 6.30. The summed E-state index contributed by atoms with van der Waals surface area (Å²) in [5, 5.41) is 10.0. The summed E-state index contributed by atoms with van der Waals surface area (Å²) in [6.07, 6.45) is 6.49. The molecule has 1 aliphatic carbocycles. The van der Waals surface area contributed by atoms with Gasteiger partial charge in [-0.2, -0.15) is 0 Å². The lowest BCUT2D eigenvalue weighted by Gasteiger charge is -2.26. The van der Waals surface area contributed by atoms with Crippen molar-refractivity contribution in [3.63, 3.8) is 0 Å². The van der Waals surface area contributed by atoms with Crippen LogP contribution in [0.2, 0.25) is 5.02 Å². The molecule has 0 bridgehead atoms. The topological polar surface area (TPSA) is 79.5 Å². The van der Waals surface area contributed by atoms with Gasteiger partial charge >= 0.3 is 0 Å². The lowest BCUT2D eigenvalue weighted by molar-refractivity contribution is -0.123. The second-order valence-electron chi connectivity index (χ2n) is 9.80. The number of ether oxygens (including phenoxy) is 1. The minimum Gasteiger partial charge on any atom is -0.497 e. The molecule has 0 saturated heterocycles. The van der Waals surface area contributed by atoms with Crippen molar-refractivity contribution in [1.29, 1.82) is 0 Å². The molecule has 0 radical (unpaired) electrons. The molecule has 0 unspecified atom stereocenters. The number of halogens is 1. The highest BCUT2D eigenvalue weighted by Crippen LogP contribution is 2.28. The van der Waals surface area contributed by atoms with E-state index in [1.807, 2.05) is 60.7 Å². The van der Waals surface area contributed by atoms with E-state index in [0.29, 0.717) is 36.0 Å². The summed E-state index contributed by atoms with van der Waals surface area (Å²) in [7, 11) is 1.64. The molecule has 200 valence electrons. The predicted octanol–water partition coefficient (Wildman–Crippen LogP) is 6.31. The van der Waals surface area contributed by atoms with E-state index in [0.717, 1.165) is 35.4 Å². The first-order chi connectivity index (χ1) is 18.5. The second-order valence-corrected chi connectivity index (χ2v) is 10.2. The molecule has 7 heteroatoms. The number of hydrogen-bond acceptors (Lipinski definition) is 4. The van der Waals surface area contributed by atoms with Crippen molar-refractivity contribution in [1.82, 2.24) is 10.6 Å². The summed E-state index contributed by atoms with van der Waals surface area (Å²) in [6.45, 7) is 1.03. The fraction of sp³-hybridized carbons (Fsp3) is 0.355. The molecule has 1 saturated carbocycles. The first-order valence-corrected chi connectivity index (χ1v) is 13.7. The van der Waals surface area contributed by atoms with Gasteiger partial charge in [0.2, 0.25) is 5.91 Å². The largest absolute Gasteiger partial charge is 0.497 e. The highest BCUT2D eigenvalue weighted by Gasteiger charge is 2.26. The zero-order chi connectivity index (χ0) is 26.7. The van der Waals surface area contributed by atoms with Gasteiger partial charge in [0, 0.05) is 29.4 Å². The van der Waals surface area contributed by atoms with E-state index in [1.165, 1.54) is 19.3 Å². The summed E-state index contributed by atoms with van der Waals surface area (Å²) in [5.74, 6) is 0.868. The summed E-state index contributed by atoms with van der Waals surface area (Å²) >= 11 is 5.99. The van der Waals surface area contributed by atoms with Crippen LogP contribution >= 0.6 is 11.6 Å². The Bertz CT molecular complexity index is 1170. The zero-order valence-corrected chi connectivity index (χ0v) is 22.6. The molecule has 3 aromatic rings. The minimum atomic E-state index is -0.567. The molecule has 1 fully saturated rings. The monoisotopic (exact) mass is 533 g/mol. The lowest BCUT2D eigenvalue weighted by atomic mass is 9.84. The molecule has 3 N–H and O–H groups in total. The molecular formula is C31H36ClN3O3. The van der Waals surface area contributed by atoms with E-state index >= 15 is 0 Å². The van der Waals surface area contributed by atoms with Gasteiger partial charge in [0.1, 0.15) is 11.8 Å². The Morgan fingerprint density at radius 1 is 0.868 bits per heavy atom. The number of methoxy groups -OCH3 is 1. The Labute approximate surface area is 230 Å². The molecule has 0 spiro atoms. The molecule has 0 heterocycles. The van der Waals surface area contributed by atoms with Crippen LogP contribution in [0.4, 0.5) is 5.69 Å². The third-order valence-corrected chi connectivity index (χ3v) is 7.34. The van der Waals surface area contributed by atoms with Crippen LogP contribution in [-0.4, -0.2) is 38.1 Å². The smallest absolute Gasteiger partial charge is 0.251 e. The first kappa shape index (κ1) is 27.5. The quantitative estimate of drug-likeness (QED) is 0.252. The van der Waals surface area contributed by atoms with E-state index in [2.05, 4.69) is 16.0 Å². The fourth-order valence-corrected chi connectivity index (χ4v) is 5.04. The molecular weight excluding hydrogens is 498 g/mol. The van der Waals surface area contributed by atoms with Crippen molar-refractivity contribution in [2.45, 2.75) is 44.6 Å². The Morgan fingerprint density at radius 2 is 1.50 bits per heavy atom. The number of nitrogens with one attached hydrogen (secondary N) is 3. The van der Waals surface area contributed by atoms with E-state index in [9.17, 15) is 9.59 Å². The van der Waals surface area contributed by atoms with Gasteiger partial charge in [-0.05, 0) is 72.0 Å². The van der Waals surface area contributed by atoms with Crippen molar-refractivity contribution in [3.8, 4) is 16.9 Å². The van der Waals surface area contributed by atoms with Gasteiger partial charge in [0.15, 0.2) is 0 Å². The first-order valence-electron chi connectivity index (χ1n) is 13.3. The number of amides is 2. The van der Waals surface area contributed by atoms with Crippen LogP contribution in [0.3, 0.4) is 0 Å². The summed E-state index contributed by atoms with van der Waals surface area (Å²) < 4.78 is 5.18. The highest BCUT2D eigenvalue weighted by atomic mass is 35.5. The van der Waals surface area contributed by atoms with Crippen LogP contribution in [0.15, 0.2) is 72.8 Å². The van der Waals surface area contributed by atoms with Crippen molar-refractivity contribution >= 4 is 29.1 Å². The summed E-state index contributed by atoms with van der Waals surface area (Å²) in [6, 6.07) is 22.1. The van der Waals surface area contributed by atoms with Crippen LogP contribution in [-0.2, 0) is 4.79 Å². The minimum absolute atomic E-state index is 0.141. The summed E-state index contributed by atoms with van der Waals surface area (Å²) in [4.78, 5) is 26.3. The molecule has 0 aromatic heterocycles. The predicted molar refractivity (Wildman–Crippen MR) is 154 cm³/mol. The average molecular weight is 534 g/mol. The molecule has 3 aromatic carbocycles. The second kappa shape index (κ2) is 13.9. The van der Waals surface area contributed by atoms with Gasteiger partial charge in [-0.1, -0.05) is 68.0 Å². The number of carbonyl (C=O) groups excluding carboxylic acids is 2. The van der Waals surface area contributed by atoms with E-state index < -0.39 is 6.04 Å². The zero-order valence-electron chi connectivity index (χ0n) is 21.8. The van der Waals surface area contributed by atoms with Crippen LogP contribution in [0.25, 0.3) is 11.1 Å². The molecule has 2 amide bonds. The lowest BCUT2D eigenvalue weighted by Crippen LogP contribution is -2.48. The number of rotatable bonds is 11. The standard InChI is InChI=1S/C31H36ClN3O3/c1-38-28-17-15-27(16-18-28)33-19-20-34-31(37)29(21-22-5-3-2-4-6-22)35-30(36)25-9-7-23(8-10-25)24-11-13-26(32)14-12-24/h7-18,22,29,33H,2-6,19-21H2,1H3,(H,34,37)(H,35,36)/t29-/m0/s1. The number of benzene rings is 3. The Hall–Kier alpha value is -3.51. The van der Waals surface area contributed by atoms with Gasteiger partial charge in [0.05, 0.1) is 7.11 Å². The van der Waals surface area contributed by atoms with Crippen LogP contribution in [0, 0.1) is 5.92 Å². The molecule has 38 heavy (non-hydrogen) atoms. The molecule has 4 rings (SSSR count). The van der Waals surface area contributed by atoms with E-state index in [4.69, 9.17) is 16.3 Å². The van der Waals surface area contributed by atoms with E-state index in [1.54, 1.807) is 19.2 Å². The van der Waals surface area contributed by atoms with Crippen molar-refractivity contribution in [2.24, 2.45) is 5.92 Å². The maximum absolute atomic E-state index is 13.2. The van der Waals surface area contributed by atoms with Crippen molar-refractivity contribution < 1.29 is 14.3 Å². The average Bonchev–Trinajstić information content (AvgIpc) is 2.96. The number of anilines is 1. The normalized spacial score (nSPS) is 14.4. The van der Waals surface area contributed by atoms with Gasteiger partial charge in [-0.25, -0.2) is 0 Å². The Balaban J connectivity index is 1.34. The molecule has 0 aliphatic heterocycles. The third kappa shape index (κ3) is 7.99.